The quantitative estimate of drug-likeness (QED) is 0.801. The van der Waals surface area contributed by atoms with Gasteiger partial charge in [0, 0.05) is 31.6 Å². The molecule has 1 aliphatic heterocycles. The molecule has 0 unspecified atom stereocenters. The van der Waals surface area contributed by atoms with Crippen molar-refractivity contribution in [3.05, 3.63) is 29.8 Å². The molecule has 1 aromatic rings. The van der Waals surface area contributed by atoms with Gasteiger partial charge in [-0.05, 0) is 17.7 Å². The molecule has 0 radical (unpaired) electrons. The van der Waals surface area contributed by atoms with E-state index in [0.717, 1.165) is 17.8 Å². The van der Waals surface area contributed by atoms with E-state index in [1.807, 2.05) is 24.3 Å². The van der Waals surface area contributed by atoms with E-state index in [2.05, 4.69) is 10.6 Å². The standard InChI is InChI=1S/C14H18N2O3/c1-9(17)16-11-5-3-10(4-6-11)12-7-15-8-13(12)14(18)19-2/h3-6,12-13,15H,7-8H2,1-2H3,(H,16,17)/t12-,13+/m0/s1. The van der Waals surface area contributed by atoms with Crippen molar-refractivity contribution in [2.24, 2.45) is 5.92 Å². The Morgan fingerprint density at radius 3 is 2.53 bits per heavy atom. The zero-order valence-corrected chi connectivity index (χ0v) is 11.1. The number of anilines is 1. The lowest BCUT2D eigenvalue weighted by Gasteiger charge is -2.17. The maximum absolute atomic E-state index is 11.7. The minimum atomic E-state index is -0.180. The van der Waals surface area contributed by atoms with E-state index >= 15 is 0 Å². The molecule has 2 N–H and O–H groups in total. The molecule has 1 aliphatic rings. The molecule has 0 aliphatic carbocycles. The topological polar surface area (TPSA) is 67.4 Å². The first-order valence-electron chi connectivity index (χ1n) is 6.28. The number of benzene rings is 1. The van der Waals surface area contributed by atoms with Crippen molar-refractivity contribution in [3.8, 4) is 0 Å². The monoisotopic (exact) mass is 262 g/mol. The highest BCUT2D eigenvalue weighted by molar-refractivity contribution is 5.88. The average molecular weight is 262 g/mol. The molecule has 1 aromatic carbocycles. The fourth-order valence-electron chi connectivity index (χ4n) is 2.44. The van der Waals surface area contributed by atoms with Gasteiger partial charge in [-0.25, -0.2) is 0 Å². The Labute approximate surface area is 112 Å². The second-order valence-corrected chi connectivity index (χ2v) is 4.70. The van der Waals surface area contributed by atoms with Crippen LogP contribution in [0.3, 0.4) is 0 Å². The Bertz CT molecular complexity index is 470. The minimum Gasteiger partial charge on any atom is -0.469 e. The van der Waals surface area contributed by atoms with Gasteiger partial charge in [-0.15, -0.1) is 0 Å². The van der Waals surface area contributed by atoms with Gasteiger partial charge < -0.3 is 15.4 Å². The number of amides is 1. The van der Waals surface area contributed by atoms with Crippen molar-refractivity contribution >= 4 is 17.6 Å². The molecule has 1 saturated heterocycles. The predicted molar refractivity (Wildman–Crippen MR) is 71.9 cm³/mol. The number of methoxy groups -OCH3 is 1. The number of rotatable bonds is 3. The summed E-state index contributed by atoms with van der Waals surface area (Å²) in [7, 11) is 1.41. The normalized spacial score (nSPS) is 22.0. The molecule has 0 spiro atoms. The molecule has 19 heavy (non-hydrogen) atoms. The summed E-state index contributed by atoms with van der Waals surface area (Å²) < 4.78 is 4.83. The summed E-state index contributed by atoms with van der Waals surface area (Å²) in [6.07, 6.45) is 0. The van der Waals surface area contributed by atoms with Gasteiger partial charge in [0.15, 0.2) is 0 Å². The summed E-state index contributed by atoms with van der Waals surface area (Å²) in [6.45, 7) is 2.88. The number of nitrogens with one attached hydrogen (secondary N) is 2. The maximum atomic E-state index is 11.7. The van der Waals surface area contributed by atoms with E-state index in [0.29, 0.717) is 6.54 Å². The van der Waals surface area contributed by atoms with Gasteiger partial charge in [0.05, 0.1) is 13.0 Å². The number of hydrogen-bond acceptors (Lipinski definition) is 4. The Hall–Kier alpha value is -1.88. The molecule has 102 valence electrons. The van der Waals surface area contributed by atoms with Crippen LogP contribution in [0.15, 0.2) is 24.3 Å². The first-order chi connectivity index (χ1) is 9.11. The second kappa shape index (κ2) is 5.84. The first kappa shape index (κ1) is 13.5. The molecule has 0 aromatic heterocycles. The van der Waals surface area contributed by atoms with Crippen LogP contribution in [0.25, 0.3) is 0 Å². The van der Waals surface area contributed by atoms with Gasteiger partial charge >= 0.3 is 5.97 Å². The third kappa shape index (κ3) is 3.12. The van der Waals surface area contributed by atoms with Crippen LogP contribution in [0.1, 0.15) is 18.4 Å². The number of ether oxygens (including phenoxy) is 1. The van der Waals surface area contributed by atoms with Crippen LogP contribution < -0.4 is 10.6 Å². The average Bonchev–Trinajstić information content (AvgIpc) is 2.87. The summed E-state index contributed by atoms with van der Waals surface area (Å²) in [5.74, 6) is -0.292. The third-order valence-corrected chi connectivity index (χ3v) is 3.38. The summed E-state index contributed by atoms with van der Waals surface area (Å²) in [6, 6.07) is 7.59. The van der Waals surface area contributed by atoms with Crippen LogP contribution in [-0.2, 0) is 14.3 Å². The third-order valence-electron chi connectivity index (χ3n) is 3.38. The molecule has 5 heteroatoms. The van der Waals surface area contributed by atoms with Crippen molar-refractivity contribution in [1.29, 1.82) is 0 Å². The fourth-order valence-corrected chi connectivity index (χ4v) is 2.44. The van der Waals surface area contributed by atoms with Gasteiger partial charge in [0.25, 0.3) is 0 Å². The molecule has 1 heterocycles. The predicted octanol–water partition coefficient (Wildman–Crippen LogP) is 1.12. The summed E-state index contributed by atoms with van der Waals surface area (Å²) in [5.41, 5.74) is 1.84. The van der Waals surface area contributed by atoms with Gasteiger partial charge in [-0.2, -0.15) is 0 Å². The Morgan fingerprint density at radius 1 is 1.26 bits per heavy atom. The Balaban J connectivity index is 2.12. The van der Waals surface area contributed by atoms with Crippen molar-refractivity contribution in [2.45, 2.75) is 12.8 Å². The van der Waals surface area contributed by atoms with Gasteiger partial charge in [0.2, 0.25) is 5.91 Å². The molecule has 2 atom stereocenters. The largest absolute Gasteiger partial charge is 0.469 e. The van der Waals surface area contributed by atoms with Crippen LogP contribution in [0.4, 0.5) is 5.69 Å². The van der Waals surface area contributed by atoms with Gasteiger partial charge in [-0.3, -0.25) is 9.59 Å². The number of hydrogen-bond donors (Lipinski definition) is 2. The van der Waals surface area contributed by atoms with E-state index in [1.165, 1.54) is 14.0 Å². The van der Waals surface area contributed by atoms with E-state index < -0.39 is 0 Å². The molecular weight excluding hydrogens is 244 g/mol. The van der Waals surface area contributed by atoms with E-state index in [4.69, 9.17) is 4.74 Å². The Kier molecular flexibility index (Phi) is 4.16. The van der Waals surface area contributed by atoms with E-state index in [-0.39, 0.29) is 23.7 Å². The van der Waals surface area contributed by atoms with Gasteiger partial charge in [-0.1, -0.05) is 12.1 Å². The zero-order valence-electron chi connectivity index (χ0n) is 11.1. The minimum absolute atomic E-state index is 0.0947. The lowest BCUT2D eigenvalue weighted by Crippen LogP contribution is -2.22. The zero-order chi connectivity index (χ0) is 13.8. The molecule has 0 bridgehead atoms. The molecule has 1 fully saturated rings. The highest BCUT2D eigenvalue weighted by Gasteiger charge is 2.34. The summed E-state index contributed by atoms with van der Waals surface area (Å²) in [4.78, 5) is 22.6. The Morgan fingerprint density at radius 2 is 1.95 bits per heavy atom. The molecule has 2 rings (SSSR count). The number of carbonyl (C=O) groups excluding carboxylic acids is 2. The van der Waals surface area contributed by atoms with Crippen LogP contribution in [0, 0.1) is 5.92 Å². The van der Waals surface area contributed by atoms with E-state index in [9.17, 15) is 9.59 Å². The molecule has 1 amide bonds. The number of carbonyl (C=O) groups is 2. The second-order valence-electron chi connectivity index (χ2n) is 4.70. The lowest BCUT2D eigenvalue weighted by molar-refractivity contribution is -0.145. The van der Waals surface area contributed by atoms with Crippen LogP contribution in [-0.4, -0.2) is 32.1 Å². The van der Waals surface area contributed by atoms with Gasteiger partial charge in [0.1, 0.15) is 0 Å². The molecular formula is C14H18N2O3. The maximum Gasteiger partial charge on any atom is 0.310 e. The van der Waals surface area contributed by atoms with Crippen LogP contribution in [0.2, 0.25) is 0 Å². The highest BCUT2D eigenvalue weighted by atomic mass is 16.5. The van der Waals surface area contributed by atoms with E-state index in [1.54, 1.807) is 0 Å². The summed E-state index contributed by atoms with van der Waals surface area (Å²) in [5, 5.41) is 5.93. The smallest absolute Gasteiger partial charge is 0.310 e. The molecule has 5 nitrogen and oxygen atoms in total. The SMILES string of the molecule is COC(=O)[C@@H]1CNC[C@H]1c1ccc(NC(C)=O)cc1. The molecule has 0 saturated carbocycles. The van der Waals surface area contributed by atoms with Crippen LogP contribution in [0.5, 0.6) is 0 Å². The fraction of sp³-hybridized carbons (Fsp3) is 0.429. The number of esters is 1. The van der Waals surface area contributed by atoms with Crippen LogP contribution >= 0.6 is 0 Å². The van der Waals surface area contributed by atoms with Crippen molar-refractivity contribution < 1.29 is 14.3 Å². The lowest BCUT2D eigenvalue weighted by atomic mass is 9.89. The van der Waals surface area contributed by atoms with Crippen molar-refractivity contribution in [2.75, 3.05) is 25.5 Å². The summed E-state index contributed by atoms with van der Waals surface area (Å²) >= 11 is 0. The highest BCUT2D eigenvalue weighted by Crippen LogP contribution is 2.29. The van der Waals surface area contributed by atoms with Crippen molar-refractivity contribution in [3.63, 3.8) is 0 Å². The first-order valence-corrected chi connectivity index (χ1v) is 6.28. The van der Waals surface area contributed by atoms with Crippen molar-refractivity contribution in [1.82, 2.24) is 5.32 Å².